The number of piperazine rings is 1. The molecule has 1 atom stereocenters. The van der Waals surface area contributed by atoms with E-state index in [0.29, 0.717) is 32.1 Å². The molecule has 0 saturated carbocycles. The SMILES string of the molecule is Cl.O=[N+]([O-])c1ccccc1S(=O)(=O)N1CCN(CC2CC=CCC2)CC1. The van der Waals surface area contributed by atoms with Gasteiger partial charge in [-0.05, 0) is 31.2 Å². The van der Waals surface area contributed by atoms with E-state index in [0.717, 1.165) is 19.4 Å². The molecule has 7 nitrogen and oxygen atoms in total. The number of halogens is 1. The van der Waals surface area contributed by atoms with Crippen molar-refractivity contribution in [2.75, 3.05) is 32.7 Å². The average Bonchev–Trinajstić information content (AvgIpc) is 2.63. The Labute approximate surface area is 160 Å². The van der Waals surface area contributed by atoms with E-state index in [1.165, 1.54) is 35.0 Å². The molecule has 3 rings (SSSR count). The van der Waals surface area contributed by atoms with Gasteiger partial charge in [0.25, 0.3) is 5.69 Å². The lowest BCUT2D eigenvalue weighted by molar-refractivity contribution is -0.387. The number of nitro benzene ring substituents is 1. The van der Waals surface area contributed by atoms with Crippen molar-refractivity contribution >= 4 is 28.1 Å². The summed E-state index contributed by atoms with van der Waals surface area (Å²) < 4.78 is 27.0. The van der Waals surface area contributed by atoms with E-state index >= 15 is 0 Å². The normalized spacial score (nSPS) is 21.9. The zero-order chi connectivity index (χ0) is 17.9. The third kappa shape index (κ3) is 4.62. The highest BCUT2D eigenvalue weighted by Gasteiger charge is 2.33. The van der Waals surface area contributed by atoms with Crippen LogP contribution in [0.5, 0.6) is 0 Å². The van der Waals surface area contributed by atoms with Crippen molar-refractivity contribution in [3.8, 4) is 0 Å². The van der Waals surface area contributed by atoms with E-state index in [1.54, 1.807) is 0 Å². The summed E-state index contributed by atoms with van der Waals surface area (Å²) in [6.07, 6.45) is 7.84. The van der Waals surface area contributed by atoms with Gasteiger partial charge in [0, 0.05) is 38.8 Å². The summed E-state index contributed by atoms with van der Waals surface area (Å²) in [5, 5.41) is 11.1. The summed E-state index contributed by atoms with van der Waals surface area (Å²) in [5.41, 5.74) is -0.362. The van der Waals surface area contributed by atoms with Crippen LogP contribution < -0.4 is 0 Å². The van der Waals surface area contributed by atoms with Crippen molar-refractivity contribution in [2.24, 2.45) is 5.92 Å². The van der Waals surface area contributed by atoms with Gasteiger partial charge in [0.05, 0.1) is 4.92 Å². The fourth-order valence-corrected chi connectivity index (χ4v) is 5.08. The van der Waals surface area contributed by atoms with Crippen molar-refractivity contribution in [3.63, 3.8) is 0 Å². The molecule has 0 bridgehead atoms. The fraction of sp³-hybridized carbons (Fsp3) is 0.529. The minimum Gasteiger partial charge on any atom is -0.300 e. The second kappa shape index (κ2) is 8.94. The molecule has 1 fully saturated rings. The fourth-order valence-electron chi connectivity index (χ4n) is 3.50. The molecule has 1 aromatic carbocycles. The highest BCUT2D eigenvalue weighted by molar-refractivity contribution is 7.89. The zero-order valence-corrected chi connectivity index (χ0v) is 16.1. The molecule has 1 unspecified atom stereocenters. The first-order chi connectivity index (χ1) is 12.0. The maximum atomic E-state index is 12.8. The van der Waals surface area contributed by atoms with Gasteiger partial charge in [-0.2, -0.15) is 4.31 Å². The van der Waals surface area contributed by atoms with Gasteiger partial charge in [-0.25, -0.2) is 8.42 Å². The van der Waals surface area contributed by atoms with Crippen LogP contribution in [-0.4, -0.2) is 55.3 Å². The van der Waals surface area contributed by atoms with Crippen LogP contribution in [-0.2, 0) is 10.0 Å². The van der Waals surface area contributed by atoms with E-state index in [-0.39, 0.29) is 23.0 Å². The van der Waals surface area contributed by atoms with Crippen molar-refractivity contribution < 1.29 is 13.3 Å². The molecule has 1 aliphatic carbocycles. The van der Waals surface area contributed by atoms with Gasteiger partial charge in [0.1, 0.15) is 0 Å². The lowest BCUT2D eigenvalue weighted by Crippen LogP contribution is -2.49. The van der Waals surface area contributed by atoms with Crippen molar-refractivity contribution in [3.05, 3.63) is 46.5 Å². The Morgan fingerprint density at radius 1 is 1.12 bits per heavy atom. The predicted octanol–water partition coefficient (Wildman–Crippen LogP) is 2.68. The third-order valence-corrected chi connectivity index (χ3v) is 6.85. The highest BCUT2D eigenvalue weighted by Crippen LogP contribution is 2.27. The van der Waals surface area contributed by atoms with E-state index in [2.05, 4.69) is 17.1 Å². The number of sulfonamides is 1. The Bertz CT molecular complexity index is 761. The minimum atomic E-state index is -3.84. The summed E-state index contributed by atoms with van der Waals surface area (Å²) in [6, 6.07) is 5.55. The van der Waals surface area contributed by atoms with Gasteiger partial charge >= 0.3 is 0 Å². The average molecular weight is 402 g/mol. The lowest BCUT2D eigenvalue weighted by atomic mass is 9.94. The number of nitrogens with zero attached hydrogens (tertiary/aromatic N) is 3. The molecule has 26 heavy (non-hydrogen) atoms. The number of benzene rings is 1. The monoisotopic (exact) mass is 401 g/mol. The van der Waals surface area contributed by atoms with E-state index < -0.39 is 14.9 Å². The van der Waals surface area contributed by atoms with Crippen LogP contribution in [0.3, 0.4) is 0 Å². The molecular weight excluding hydrogens is 378 g/mol. The number of para-hydroxylation sites is 1. The third-order valence-electron chi connectivity index (χ3n) is 4.91. The van der Waals surface area contributed by atoms with Crippen molar-refractivity contribution in [2.45, 2.75) is 24.2 Å². The van der Waals surface area contributed by atoms with Crippen LogP contribution >= 0.6 is 12.4 Å². The second-order valence-corrected chi connectivity index (χ2v) is 8.49. The topological polar surface area (TPSA) is 83.8 Å². The first-order valence-corrected chi connectivity index (χ1v) is 10.0. The first kappa shape index (κ1) is 20.8. The molecular formula is C17H24ClN3O4S. The molecule has 1 aliphatic heterocycles. The number of allylic oxidation sites excluding steroid dienone is 2. The minimum absolute atomic E-state index is 0. The Balaban J connectivity index is 0.00000243. The molecule has 1 heterocycles. The van der Waals surface area contributed by atoms with Crippen molar-refractivity contribution in [1.29, 1.82) is 0 Å². The molecule has 2 aliphatic rings. The number of nitro groups is 1. The van der Waals surface area contributed by atoms with E-state index in [1.807, 2.05) is 0 Å². The van der Waals surface area contributed by atoms with Gasteiger partial charge in [-0.3, -0.25) is 10.1 Å². The van der Waals surface area contributed by atoms with Crippen molar-refractivity contribution in [1.82, 2.24) is 9.21 Å². The van der Waals surface area contributed by atoms with Crippen LogP contribution in [0.25, 0.3) is 0 Å². The molecule has 9 heteroatoms. The highest BCUT2D eigenvalue weighted by atomic mass is 35.5. The summed E-state index contributed by atoms with van der Waals surface area (Å²) in [6.45, 7) is 3.07. The molecule has 0 aromatic heterocycles. The quantitative estimate of drug-likeness (QED) is 0.430. The van der Waals surface area contributed by atoms with Crippen LogP contribution in [0, 0.1) is 16.0 Å². The number of rotatable bonds is 5. The maximum Gasteiger partial charge on any atom is 0.289 e. The van der Waals surface area contributed by atoms with Gasteiger partial charge in [0.15, 0.2) is 4.90 Å². The van der Waals surface area contributed by atoms with Crippen LogP contribution in [0.15, 0.2) is 41.3 Å². The molecule has 0 spiro atoms. The van der Waals surface area contributed by atoms with Crippen LogP contribution in [0.4, 0.5) is 5.69 Å². The molecule has 0 N–H and O–H groups in total. The van der Waals surface area contributed by atoms with Crippen LogP contribution in [0.2, 0.25) is 0 Å². The van der Waals surface area contributed by atoms with Gasteiger partial charge in [-0.1, -0.05) is 24.3 Å². The standard InChI is InChI=1S/C17H23N3O4S.ClH/c21-20(22)16-8-4-5-9-17(16)25(23,24)19-12-10-18(11-13-19)14-15-6-2-1-3-7-15;/h1-2,4-5,8-9,15H,3,6-7,10-14H2;1H. The molecule has 0 amide bonds. The molecule has 1 aromatic rings. The molecule has 0 radical (unpaired) electrons. The Morgan fingerprint density at radius 2 is 1.81 bits per heavy atom. The smallest absolute Gasteiger partial charge is 0.289 e. The zero-order valence-electron chi connectivity index (χ0n) is 14.5. The predicted molar refractivity (Wildman–Crippen MR) is 102 cm³/mol. The molecule has 1 saturated heterocycles. The lowest BCUT2D eigenvalue weighted by Gasteiger charge is -2.36. The Morgan fingerprint density at radius 3 is 2.42 bits per heavy atom. The number of hydrogen-bond acceptors (Lipinski definition) is 5. The maximum absolute atomic E-state index is 12.8. The van der Waals surface area contributed by atoms with E-state index in [4.69, 9.17) is 0 Å². The summed E-state index contributed by atoms with van der Waals surface area (Å²) in [4.78, 5) is 12.6. The van der Waals surface area contributed by atoms with Gasteiger partial charge in [0.2, 0.25) is 10.0 Å². The number of hydrogen-bond donors (Lipinski definition) is 0. The van der Waals surface area contributed by atoms with Gasteiger partial charge in [-0.15, -0.1) is 12.4 Å². The largest absolute Gasteiger partial charge is 0.300 e. The summed E-state index contributed by atoms with van der Waals surface area (Å²) in [7, 11) is -3.84. The summed E-state index contributed by atoms with van der Waals surface area (Å²) >= 11 is 0. The van der Waals surface area contributed by atoms with Crippen LogP contribution in [0.1, 0.15) is 19.3 Å². The summed E-state index contributed by atoms with van der Waals surface area (Å²) in [5.74, 6) is 0.642. The Hall–Kier alpha value is -1.48. The van der Waals surface area contributed by atoms with Gasteiger partial charge < -0.3 is 4.90 Å². The first-order valence-electron chi connectivity index (χ1n) is 8.59. The Kier molecular flexibility index (Phi) is 7.16. The second-order valence-electron chi connectivity index (χ2n) is 6.58. The van der Waals surface area contributed by atoms with E-state index in [9.17, 15) is 18.5 Å². The molecule has 144 valence electrons.